The third-order valence-electron chi connectivity index (χ3n) is 9.67. The van der Waals surface area contributed by atoms with Gasteiger partial charge in [0.1, 0.15) is 0 Å². The molecule has 0 saturated heterocycles. The van der Waals surface area contributed by atoms with Gasteiger partial charge < -0.3 is 0 Å². The van der Waals surface area contributed by atoms with Crippen LogP contribution in [0.3, 0.4) is 0 Å². The van der Waals surface area contributed by atoms with E-state index in [2.05, 4.69) is 41.4 Å². The van der Waals surface area contributed by atoms with Crippen LogP contribution < -0.4 is 0 Å². The van der Waals surface area contributed by atoms with Crippen LogP contribution in [0.5, 0.6) is 0 Å². The number of rotatable bonds is 6. The molecule has 0 aliphatic heterocycles. The van der Waals surface area contributed by atoms with Crippen LogP contribution >= 0.6 is 11.3 Å². The number of benzene rings is 7. The quantitative estimate of drug-likeness (QED) is 0.162. The normalized spacial score (nSPS) is 13.0. The Hall–Kier alpha value is -6.68. The van der Waals surface area contributed by atoms with Crippen molar-refractivity contribution in [2.24, 2.45) is 0 Å². The Morgan fingerprint density at radius 1 is 0.434 bits per heavy atom. The molecule has 0 fully saturated rings. The van der Waals surface area contributed by atoms with Gasteiger partial charge in [-0.1, -0.05) is 170 Å². The summed E-state index contributed by atoms with van der Waals surface area (Å²) < 4.78 is 55.4. The molecule has 53 heavy (non-hydrogen) atoms. The summed E-state index contributed by atoms with van der Waals surface area (Å²) in [6, 6.07) is 48.4. The van der Waals surface area contributed by atoms with Crippen molar-refractivity contribution in [1.29, 1.82) is 0 Å². The summed E-state index contributed by atoms with van der Waals surface area (Å²) in [4.78, 5) is 11.8. The van der Waals surface area contributed by atoms with E-state index < -0.39 is 12.1 Å². The van der Waals surface area contributed by atoms with Gasteiger partial charge in [0.25, 0.3) is 0 Å². The van der Waals surface area contributed by atoms with E-state index >= 15 is 0 Å². The number of nitrogens with zero attached hydrogens (tertiary/aromatic N) is 2. The lowest BCUT2D eigenvalue weighted by Crippen LogP contribution is -1.91. The molecule has 2 nitrogen and oxygen atoms in total. The molecule has 0 N–H and O–H groups in total. The van der Waals surface area contributed by atoms with E-state index in [1.165, 1.54) is 0 Å². The van der Waals surface area contributed by atoms with Crippen LogP contribution in [-0.2, 0) is 0 Å². The smallest absolute Gasteiger partial charge is 0.0972 e. The Bertz CT molecular complexity index is 3280. The molecule has 3 heteroatoms. The van der Waals surface area contributed by atoms with Crippen LogP contribution in [-0.4, -0.2) is 9.97 Å². The predicted molar refractivity (Wildman–Crippen MR) is 225 cm³/mol. The van der Waals surface area contributed by atoms with Crippen molar-refractivity contribution in [3.05, 3.63) is 194 Å². The molecule has 10 aromatic rings. The van der Waals surface area contributed by atoms with Crippen LogP contribution in [0.4, 0.5) is 0 Å². The minimum atomic E-state index is -0.416. The maximum atomic E-state index is 9.66. The van der Waals surface area contributed by atoms with Gasteiger partial charge >= 0.3 is 0 Å². The first kappa shape index (κ1) is 25.3. The van der Waals surface area contributed by atoms with E-state index in [-0.39, 0.29) is 46.1 Å². The number of hydrogen-bond acceptors (Lipinski definition) is 3. The van der Waals surface area contributed by atoms with E-state index in [4.69, 9.17) is 7.73 Å². The Morgan fingerprint density at radius 2 is 0.981 bits per heavy atom. The molecule has 0 aliphatic rings. The molecule has 0 bridgehead atoms. The van der Waals surface area contributed by atoms with Crippen molar-refractivity contribution in [1.82, 2.24) is 9.97 Å². The van der Waals surface area contributed by atoms with Crippen molar-refractivity contribution < 1.29 is 8.22 Å². The molecule has 0 atom stereocenters. The zero-order valence-corrected chi connectivity index (χ0v) is 29.1. The molecule has 7 aromatic carbocycles. The molecule has 0 spiro atoms. The Balaban J connectivity index is 1.27. The fourth-order valence-corrected chi connectivity index (χ4v) is 8.57. The summed E-state index contributed by atoms with van der Waals surface area (Å²) >= 11 is 1.72. The highest BCUT2D eigenvalue weighted by Gasteiger charge is 2.23. The van der Waals surface area contributed by atoms with E-state index in [1.54, 1.807) is 23.6 Å². The van der Waals surface area contributed by atoms with E-state index in [1.807, 2.05) is 109 Å². The molecule has 0 unspecified atom stereocenters. The Morgan fingerprint density at radius 3 is 1.68 bits per heavy atom. The fraction of sp³-hybridized carbons (Fsp3) is 0. The van der Waals surface area contributed by atoms with Crippen LogP contribution in [0.1, 0.15) is 8.22 Å². The lowest BCUT2D eigenvalue weighted by atomic mass is 9.89. The molecule has 0 saturated carbocycles. The van der Waals surface area contributed by atoms with Gasteiger partial charge in [-0.05, 0) is 62.4 Å². The van der Waals surface area contributed by atoms with Gasteiger partial charge in [-0.25, -0.2) is 4.98 Å². The van der Waals surface area contributed by atoms with Crippen molar-refractivity contribution in [3.8, 4) is 65.5 Å². The van der Waals surface area contributed by atoms with Crippen LogP contribution in [0.15, 0.2) is 194 Å². The predicted octanol–water partition coefficient (Wildman–Crippen LogP) is 14.0. The first-order chi connectivity index (χ1) is 28.8. The number of pyridine rings is 2. The number of thiophene rings is 1. The lowest BCUT2D eigenvalue weighted by molar-refractivity contribution is 1.37. The molecule has 0 amide bonds. The van der Waals surface area contributed by atoms with Crippen LogP contribution in [0.25, 0.3) is 98.1 Å². The van der Waals surface area contributed by atoms with Gasteiger partial charge in [0.05, 0.1) is 25.0 Å². The summed E-state index contributed by atoms with van der Waals surface area (Å²) in [7, 11) is 0. The second-order valence-electron chi connectivity index (χ2n) is 12.8. The highest BCUT2D eigenvalue weighted by molar-refractivity contribution is 7.20. The summed E-state index contributed by atoms with van der Waals surface area (Å²) in [6.45, 7) is 0. The monoisotopic (exact) mass is 698 g/mol. The largest absolute Gasteiger partial charge is 0.254 e. The highest BCUT2D eigenvalue weighted by atomic mass is 32.1. The standard InChI is InChI=1S/C50H32N2S/c1-4-14-33(15-5-1)45-46(50(37-18-8-3-9-19-37)53-49(45)36-16-6-2-7-17-36)39-21-12-20-38(32-39)40-28-29-43(42-24-11-10-23-41(40)42)44-30-27-35-26-25-34-22-13-31-51-47(34)48(35)52-44/h1-32H/i10D,11D,23D,24D,28D,29D. The Kier molecular flexibility index (Phi) is 6.27. The average molecular weight is 699 g/mol. The van der Waals surface area contributed by atoms with Crippen molar-refractivity contribution in [2.45, 2.75) is 0 Å². The van der Waals surface area contributed by atoms with Gasteiger partial charge in [-0.2, -0.15) is 0 Å². The summed E-state index contributed by atoms with van der Waals surface area (Å²) in [5, 5.41) is 2.05. The molecule has 3 aromatic heterocycles. The zero-order chi connectivity index (χ0) is 40.4. The van der Waals surface area contributed by atoms with E-state index in [0.717, 1.165) is 53.9 Å². The van der Waals surface area contributed by atoms with Gasteiger partial charge in [-0.3, -0.25) is 4.98 Å². The summed E-state index contributed by atoms with van der Waals surface area (Å²) in [6.07, 6.45) is 1.70. The lowest BCUT2D eigenvalue weighted by Gasteiger charge is -2.15. The number of fused-ring (bicyclic) bond motifs is 4. The van der Waals surface area contributed by atoms with Crippen LogP contribution in [0, 0.1) is 0 Å². The SMILES string of the molecule is [2H]c1c([2H])c([2H])c2c(-c3ccc4ccc5cccnc5c4n3)c([2H])c([2H])c(-c3cccc(-c4c(-c5ccccc5)sc(-c5ccccc5)c4-c4ccccc4)c3)c2c1[2H]. The second kappa shape index (κ2) is 13.1. The highest BCUT2D eigenvalue weighted by Crippen LogP contribution is 2.52. The maximum Gasteiger partial charge on any atom is 0.0972 e. The maximum absolute atomic E-state index is 9.66. The fourth-order valence-electron chi connectivity index (χ4n) is 7.21. The Labute approximate surface area is 320 Å². The first-order valence-corrected chi connectivity index (χ1v) is 18.2. The molecular formula is C50H32N2S. The van der Waals surface area contributed by atoms with E-state index in [9.17, 15) is 5.48 Å². The van der Waals surface area contributed by atoms with Gasteiger partial charge in [-0.15, -0.1) is 11.3 Å². The average Bonchev–Trinajstić information content (AvgIpc) is 3.70. The second-order valence-corrected chi connectivity index (χ2v) is 13.9. The van der Waals surface area contributed by atoms with Crippen molar-refractivity contribution in [2.75, 3.05) is 0 Å². The molecule has 0 radical (unpaired) electrons. The topological polar surface area (TPSA) is 25.8 Å². The van der Waals surface area contributed by atoms with Gasteiger partial charge in [0.2, 0.25) is 0 Å². The number of aromatic nitrogens is 2. The van der Waals surface area contributed by atoms with Crippen LogP contribution in [0.2, 0.25) is 0 Å². The third-order valence-corrected chi connectivity index (χ3v) is 11.0. The minimum Gasteiger partial charge on any atom is -0.254 e. The van der Waals surface area contributed by atoms with Crippen molar-refractivity contribution >= 4 is 43.9 Å². The number of hydrogen-bond donors (Lipinski definition) is 0. The zero-order valence-electron chi connectivity index (χ0n) is 34.3. The minimum absolute atomic E-state index is 0.147. The van der Waals surface area contributed by atoms with E-state index in [0.29, 0.717) is 22.3 Å². The molecular weight excluding hydrogens is 661 g/mol. The van der Waals surface area contributed by atoms with Crippen molar-refractivity contribution in [3.63, 3.8) is 0 Å². The summed E-state index contributed by atoms with van der Waals surface area (Å²) in [5.74, 6) is 0. The third kappa shape index (κ3) is 5.50. The molecule has 248 valence electrons. The van der Waals surface area contributed by atoms with Gasteiger partial charge in [0.15, 0.2) is 0 Å². The molecule has 0 aliphatic carbocycles. The van der Waals surface area contributed by atoms with Gasteiger partial charge in [0, 0.05) is 43.4 Å². The molecule has 3 heterocycles. The first-order valence-electron chi connectivity index (χ1n) is 20.4. The summed E-state index contributed by atoms with van der Waals surface area (Å²) in [5.41, 5.74) is 8.76. The molecule has 10 rings (SSSR count).